The normalized spacial score (nSPS) is 10.6. The van der Waals surface area contributed by atoms with Crippen LogP contribution in [0.1, 0.15) is 5.69 Å². The van der Waals surface area contributed by atoms with Gasteiger partial charge >= 0.3 is 0 Å². The summed E-state index contributed by atoms with van der Waals surface area (Å²) in [4.78, 5) is 4.52. The van der Waals surface area contributed by atoms with Crippen molar-refractivity contribution in [3.63, 3.8) is 0 Å². The first-order chi connectivity index (χ1) is 9.22. The minimum absolute atomic E-state index is 0.717. The number of aromatic nitrogens is 1. The van der Waals surface area contributed by atoms with Gasteiger partial charge in [0.05, 0.1) is 5.52 Å². The molecule has 0 saturated carbocycles. The molecule has 0 saturated heterocycles. The summed E-state index contributed by atoms with van der Waals surface area (Å²) in [6.07, 6.45) is 0. The van der Waals surface area contributed by atoms with E-state index in [2.05, 4.69) is 10.3 Å². The van der Waals surface area contributed by atoms with Gasteiger partial charge in [-0.05, 0) is 43.3 Å². The van der Waals surface area contributed by atoms with Gasteiger partial charge in [0.15, 0.2) is 0 Å². The first kappa shape index (κ1) is 12.0. The summed E-state index contributed by atoms with van der Waals surface area (Å²) in [5.41, 5.74) is 4.00. The molecule has 94 valence electrons. The van der Waals surface area contributed by atoms with Crippen molar-refractivity contribution >= 4 is 33.9 Å². The highest BCUT2D eigenvalue weighted by atomic mass is 35.5. The maximum Gasteiger partial charge on any atom is 0.0727 e. The van der Waals surface area contributed by atoms with Crippen LogP contribution in [0.3, 0.4) is 0 Å². The van der Waals surface area contributed by atoms with Crippen molar-refractivity contribution < 1.29 is 0 Å². The summed E-state index contributed by atoms with van der Waals surface area (Å²) >= 11 is 6.08. The second-order valence-corrected chi connectivity index (χ2v) is 4.90. The van der Waals surface area contributed by atoms with Gasteiger partial charge < -0.3 is 5.32 Å². The maximum atomic E-state index is 6.08. The highest BCUT2D eigenvalue weighted by Gasteiger charge is 2.05. The topological polar surface area (TPSA) is 24.9 Å². The molecule has 1 N–H and O–H groups in total. The van der Waals surface area contributed by atoms with E-state index in [9.17, 15) is 0 Å². The highest BCUT2D eigenvalue weighted by Crippen LogP contribution is 2.28. The minimum atomic E-state index is 0.717. The van der Waals surface area contributed by atoms with E-state index in [1.54, 1.807) is 0 Å². The zero-order valence-electron chi connectivity index (χ0n) is 10.5. The molecule has 3 rings (SSSR count). The lowest BCUT2D eigenvalue weighted by Gasteiger charge is -2.11. The number of hydrogen-bond donors (Lipinski definition) is 1. The fourth-order valence-corrected chi connectivity index (χ4v) is 2.28. The number of nitrogens with one attached hydrogen (secondary N) is 1. The average Bonchev–Trinajstić information content (AvgIpc) is 2.41. The van der Waals surface area contributed by atoms with Crippen LogP contribution in [-0.4, -0.2) is 4.98 Å². The molecule has 19 heavy (non-hydrogen) atoms. The lowest BCUT2D eigenvalue weighted by Crippen LogP contribution is -1.94. The Bertz CT molecular complexity index is 723. The van der Waals surface area contributed by atoms with Gasteiger partial charge in [0.1, 0.15) is 0 Å². The van der Waals surface area contributed by atoms with Crippen LogP contribution in [0.25, 0.3) is 10.9 Å². The Hall–Kier alpha value is -2.06. The molecule has 0 fully saturated rings. The Morgan fingerprint density at radius 1 is 1.00 bits per heavy atom. The molecule has 0 aliphatic heterocycles. The van der Waals surface area contributed by atoms with E-state index >= 15 is 0 Å². The van der Waals surface area contributed by atoms with Crippen LogP contribution in [0.2, 0.25) is 5.02 Å². The lowest BCUT2D eigenvalue weighted by molar-refractivity contribution is 1.25. The number of rotatable bonds is 2. The number of aryl methyl sites for hydroxylation is 1. The largest absolute Gasteiger partial charge is 0.355 e. The van der Waals surface area contributed by atoms with E-state index in [1.165, 1.54) is 0 Å². The molecule has 0 radical (unpaired) electrons. The third-order valence-electron chi connectivity index (χ3n) is 2.95. The number of fused-ring (bicyclic) bond motifs is 1. The van der Waals surface area contributed by atoms with Crippen molar-refractivity contribution in [3.05, 3.63) is 65.3 Å². The fourth-order valence-electron chi connectivity index (χ4n) is 2.11. The third kappa shape index (κ3) is 2.54. The van der Waals surface area contributed by atoms with Gasteiger partial charge in [0.2, 0.25) is 0 Å². The molecule has 1 heterocycles. The number of benzene rings is 2. The number of anilines is 2. The third-order valence-corrected chi connectivity index (χ3v) is 3.19. The van der Waals surface area contributed by atoms with Crippen molar-refractivity contribution in [2.45, 2.75) is 6.92 Å². The van der Waals surface area contributed by atoms with E-state index in [4.69, 9.17) is 11.6 Å². The van der Waals surface area contributed by atoms with Gasteiger partial charge in [-0.3, -0.25) is 4.98 Å². The summed E-state index contributed by atoms with van der Waals surface area (Å²) in [6.45, 7) is 1.99. The maximum absolute atomic E-state index is 6.08. The molecule has 2 aromatic carbocycles. The standard InChI is InChI=1S/C16H13ClN2/c1-11-9-16(19-13-5-3-2-4-6-13)14-10-12(17)7-8-15(14)18-11/h2-10H,1H3,(H,18,19). The zero-order chi connectivity index (χ0) is 13.2. The molecular formula is C16H13ClN2. The van der Waals surface area contributed by atoms with E-state index in [-0.39, 0.29) is 0 Å². The van der Waals surface area contributed by atoms with Crippen molar-refractivity contribution in [2.24, 2.45) is 0 Å². The molecule has 0 aliphatic carbocycles. The number of pyridine rings is 1. The Morgan fingerprint density at radius 3 is 2.58 bits per heavy atom. The van der Waals surface area contributed by atoms with Crippen LogP contribution in [0, 0.1) is 6.92 Å². The van der Waals surface area contributed by atoms with Crippen LogP contribution in [0.5, 0.6) is 0 Å². The molecule has 3 aromatic rings. The van der Waals surface area contributed by atoms with Gasteiger partial charge in [0, 0.05) is 27.5 Å². The highest BCUT2D eigenvalue weighted by molar-refractivity contribution is 6.31. The van der Waals surface area contributed by atoms with Crippen molar-refractivity contribution in [2.75, 3.05) is 5.32 Å². The van der Waals surface area contributed by atoms with Crippen molar-refractivity contribution in [1.29, 1.82) is 0 Å². The first-order valence-corrected chi connectivity index (χ1v) is 6.49. The second kappa shape index (κ2) is 4.90. The summed E-state index contributed by atoms with van der Waals surface area (Å²) < 4.78 is 0. The zero-order valence-corrected chi connectivity index (χ0v) is 11.3. The smallest absolute Gasteiger partial charge is 0.0727 e. The molecule has 0 unspecified atom stereocenters. The number of nitrogens with zero attached hydrogens (tertiary/aromatic N) is 1. The van der Waals surface area contributed by atoms with Gasteiger partial charge in [-0.2, -0.15) is 0 Å². The van der Waals surface area contributed by atoms with Crippen LogP contribution in [-0.2, 0) is 0 Å². The summed E-state index contributed by atoms with van der Waals surface area (Å²) in [5, 5.41) is 5.16. The molecule has 0 amide bonds. The minimum Gasteiger partial charge on any atom is -0.355 e. The van der Waals surface area contributed by atoms with Crippen LogP contribution < -0.4 is 5.32 Å². The molecule has 0 aliphatic rings. The predicted molar refractivity (Wildman–Crippen MR) is 81.2 cm³/mol. The van der Waals surface area contributed by atoms with Gasteiger partial charge in [-0.25, -0.2) is 0 Å². The first-order valence-electron chi connectivity index (χ1n) is 6.11. The van der Waals surface area contributed by atoms with Crippen LogP contribution in [0.4, 0.5) is 11.4 Å². The van der Waals surface area contributed by atoms with Gasteiger partial charge in [-0.1, -0.05) is 29.8 Å². The number of halogens is 1. The molecule has 2 nitrogen and oxygen atoms in total. The van der Waals surface area contributed by atoms with Gasteiger partial charge in [0.25, 0.3) is 0 Å². The second-order valence-electron chi connectivity index (χ2n) is 4.46. The fraction of sp³-hybridized carbons (Fsp3) is 0.0625. The quantitative estimate of drug-likeness (QED) is 0.712. The van der Waals surface area contributed by atoms with E-state index < -0.39 is 0 Å². The number of para-hydroxylation sites is 1. The van der Waals surface area contributed by atoms with Crippen molar-refractivity contribution in [1.82, 2.24) is 4.98 Å². The molecule has 1 aromatic heterocycles. The Balaban J connectivity index is 2.14. The van der Waals surface area contributed by atoms with E-state index in [1.807, 2.05) is 61.5 Å². The van der Waals surface area contributed by atoms with Gasteiger partial charge in [-0.15, -0.1) is 0 Å². The average molecular weight is 269 g/mol. The van der Waals surface area contributed by atoms with Crippen LogP contribution >= 0.6 is 11.6 Å². The SMILES string of the molecule is Cc1cc(Nc2ccccc2)c2cc(Cl)ccc2n1. The number of hydrogen-bond acceptors (Lipinski definition) is 2. The summed E-state index contributed by atoms with van der Waals surface area (Å²) in [5.74, 6) is 0. The Labute approximate surface area is 117 Å². The molecule has 0 bridgehead atoms. The Morgan fingerprint density at radius 2 is 1.79 bits per heavy atom. The van der Waals surface area contributed by atoms with E-state index in [0.29, 0.717) is 5.02 Å². The van der Waals surface area contributed by atoms with E-state index in [0.717, 1.165) is 28.0 Å². The monoisotopic (exact) mass is 268 g/mol. The molecular weight excluding hydrogens is 256 g/mol. The predicted octanol–water partition coefficient (Wildman–Crippen LogP) is 4.94. The van der Waals surface area contributed by atoms with Crippen molar-refractivity contribution in [3.8, 4) is 0 Å². The molecule has 0 atom stereocenters. The van der Waals surface area contributed by atoms with Crippen LogP contribution in [0.15, 0.2) is 54.6 Å². The molecule has 3 heteroatoms. The lowest BCUT2D eigenvalue weighted by atomic mass is 10.1. The molecule has 0 spiro atoms. The Kier molecular flexibility index (Phi) is 3.10. The summed E-state index contributed by atoms with van der Waals surface area (Å²) in [7, 11) is 0. The summed E-state index contributed by atoms with van der Waals surface area (Å²) in [6, 6.07) is 17.9.